The number of allylic oxidation sites excluding steroid dienone is 4. The van der Waals surface area contributed by atoms with E-state index in [1.807, 2.05) is 12.3 Å². The molecule has 3 unspecified atom stereocenters. The molecule has 2 saturated carbocycles. The van der Waals surface area contributed by atoms with Crippen molar-refractivity contribution in [2.45, 2.75) is 39.5 Å². The second-order valence-electron chi connectivity index (χ2n) is 7.42. The third-order valence-corrected chi connectivity index (χ3v) is 5.95. The summed E-state index contributed by atoms with van der Waals surface area (Å²) >= 11 is 0. The van der Waals surface area contributed by atoms with Crippen molar-refractivity contribution in [2.24, 2.45) is 17.3 Å². The molecule has 1 nitrogen and oxygen atoms in total. The van der Waals surface area contributed by atoms with Gasteiger partial charge >= 0.3 is 0 Å². The van der Waals surface area contributed by atoms with Crippen LogP contribution in [0.1, 0.15) is 38.2 Å². The largest absolute Gasteiger partial charge is 0.256 e. The second-order valence-corrected chi connectivity index (χ2v) is 7.42. The van der Waals surface area contributed by atoms with Gasteiger partial charge in [0.15, 0.2) is 0 Å². The number of rotatable bonds is 0. The Morgan fingerprint density at radius 3 is 2.87 bits per heavy atom. The average molecular weight is 303 g/mol. The van der Waals surface area contributed by atoms with E-state index in [-0.39, 0.29) is 0 Å². The summed E-state index contributed by atoms with van der Waals surface area (Å²) in [7, 11) is 0. The number of benzene rings is 1. The first-order valence-electron chi connectivity index (χ1n) is 8.90. The van der Waals surface area contributed by atoms with Gasteiger partial charge in [0.25, 0.3) is 0 Å². The molecule has 1 heterocycles. The van der Waals surface area contributed by atoms with Crippen molar-refractivity contribution >= 4 is 10.9 Å². The first kappa shape index (κ1) is 14.7. The van der Waals surface area contributed by atoms with Crippen LogP contribution in [-0.2, 0) is 0 Å². The van der Waals surface area contributed by atoms with Crippen molar-refractivity contribution in [3.63, 3.8) is 0 Å². The summed E-state index contributed by atoms with van der Waals surface area (Å²) in [6, 6.07) is 10.3. The van der Waals surface area contributed by atoms with Crippen LogP contribution in [0.25, 0.3) is 10.9 Å². The summed E-state index contributed by atoms with van der Waals surface area (Å²) in [5.41, 5.74) is 4.81. The molecular formula is C22H25N. The fraction of sp³-hybridized carbons (Fsp3) is 0.409. The maximum Gasteiger partial charge on any atom is 0.0731 e. The van der Waals surface area contributed by atoms with Gasteiger partial charge in [0.2, 0.25) is 0 Å². The lowest BCUT2D eigenvalue weighted by atomic mass is 9.72. The Hall–Kier alpha value is -1.89. The van der Waals surface area contributed by atoms with Gasteiger partial charge in [-0.2, -0.15) is 0 Å². The minimum absolute atomic E-state index is 0.687. The van der Waals surface area contributed by atoms with E-state index in [0.717, 1.165) is 17.4 Å². The van der Waals surface area contributed by atoms with E-state index in [9.17, 15) is 0 Å². The van der Waals surface area contributed by atoms with Gasteiger partial charge < -0.3 is 0 Å². The molecule has 0 amide bonds. The number of fused-ring (bicyclic) bond motifs is 1. The number of hydrogen-bond donors (Lipinski definition) is 0. The van der Waals surface area contributed by atoms with Gasteiger partial charge in [-0.3, -0.25) is 4.98 Å². The molecule has 118 valence electrons. The summed E-state index contributed by atoms with van der Waals surface area (Å²) in [6.07, 6.45) is 14.7. The minimum Gasteiger partial charge on any atom is -0.256 e. The number of pyridine rings is 1. The predicted molar refractivity (Wildman–Crippen MR) is 97.3 cm³/mol. The van der Waals surface area contributed by atoms with Crippen molar-refractivity contribution in [2.75, 3.05) is 0 Å². The summed E-state index contributed by atoms with van der Waals surface area (Å²) < 4.78 is 0. The Balaban J connectivity index is 0.000000118. The zero-order chi connectivity index (χ0) is 15.9. The van der Waals surface area contributed by atoms with Gasteiger partial charge in [-0.15, -0.1) is 0 Å². The molecule has 0 N–H and O–H groups in total. The van der Waals surface area contributed by atoms with E-state index in [4.69, 9.17) is 0 Å². The Bertz CT molecular complexity index is 780. The number of hydrogen-bond acceptors (Lipinski definition) is 1. The first-order chi connectivity index (χ1) is 11.2. The van der Waals surface area contributed by atoms with E-state index >= 15 is 0 Å². The van der Waals surface area contributed by atoms with E-state index in [1.54, 1.807) is 5.57 Å². The molecule has 1 aromatic heterocycles. The molecule has 0 aliphatic heterocycles. The van der Waals surface area contributed by atoms with Gasteiger partial charge in [-0.25, -0.2) is 0 Å². The molecule has 1 spiro atoms. The van der Waals surface area contributed by atoms with Gasteiger partial charge in [-0.1, -0.05) is 61.4 Å². The van der Waals surface area contributed by atoms with Crippen LogP contribution in [-0.4, -0.2) is 4.98 Å². The molecule has 3 aliphatic rings. The van der Waals surface area contributed by atoms with Gasteiger partial charge in [0.05, 0.1) is 5.52 Å². The number of aryl methyl sites for hydroxylation is 1. The highest BCUT2D eigenvalue weighted by Gasteiger charge is 2.57. The summed E-state index contributed by atoms with van der Waals surface area (Å²) in [5, 5.41) is 1.22. The maximum atomic E-state index is 4.28. The smallest absolute Gasteiger partial charge is 0.0731 e. The minimum atomic E-state index is 0.687. The lowest BCUT2D eigenvalue weighted by Crippen LogP contribution is -2.21. The van der Waals surface area contributed by atoms with Crippen LogP contribution in [0.3, 0.4) is 0 Å². The fourth-order valence-corrected chi connectivity index (χ4v) is 4.60. The quantitative estimate of drug-likeness (QED) is 0.594. The number of aromatic nitrogens is 1. The highest BCUT2D eigenvalue weighted by atomic mass is 14.6. The molecule has 0 saturated heterocycles. The maximum absolute atomic E-state index is 4.28. The van der Waals surface area contributed by atoms with Gasteiger partial charge in [-0.05, 0) is 55.1 Å². The molecule has 2 fully saturated rings. The third-order valence-electron chi connectivity index (χ3n) is 5.95. The van der Waals surface area contributed by atoms with Crippen LogP contribution >= 0.6 is 0 Å². The van der Waals surface area contributed by atoms with Crippen molar-refractivity contribution in [1.29, 1.82) is 0 Å². The zero-order valence-corrected chi connectivity index (χ0v) is 14.1. The van der Waals surface area contributed by atoms with Gasteiger partial charge in [0.1, 0.15) is 0 Å². The summed E-state index contributed by atoms with van der Waals surface area (Å²) in [5.74, 6) is 1.80. The van der Waals surface area contributed by atoms with Crippen LogP contribution in [0, 0.1) is 24.2 Å². The normalized spacial score (nSPS) is 30.6. The van der Waals surface area contributed by atoms with Crippen molar-refractivity contribution < 1.29 is 0 Å². The molecule has 3 atom stereocenters. The molecule has 2 aromatic rings. The fourth-order valence-electron chi connectivity index (χ4n) is 4.60. The van der Waals surface area contributed by atoms with E-state index in [1.165, 1.54) is 36.6 Å². The van der Waals surface area contributed by atoms with Crippen LogP contribution in [0.2, 0.25) is 0 Å². The van der Waals surface area contributed by atoms with E-state index in [0.29, 0.717) is 5.41 Å². The topological polar surface area (TPSA) is 12.9 Å². The van der Waals surface area contributed by atoms with E-state index < -0.39 is 0 Å². The van der Waals surface area contributed by atoms with Crippen LogP contribution < -0.4 is 0 Å². The van der Waals surface area contributed by atoms with Gasteiger partial charge in [0, 0.05) is 11.6 Å². The number of nitrogens with zero attached hydrogens (tertiary/aromatic N) is 1. The van der Waals surface area contributed by atoms with Crippen molar-refractivity contribution in [3.05, 3.63) is 65.9 Å². The highest BCUT2D eigenvalue weighted by molar-refractivity contribution is 5.81. The molecule has 1 aromatic carbocycles. The number of para-hydroxylation sites is 1. The Labute approximate surface area is 139 Å². The molecule has 1 heteroatoms. The zero-order valence-electron chi connectivity index (χ0n) is 14.1. The SMILES string of the molecule is CC1CCCC23CC2C=CC=C13.Cc1cccc2cccnc12. The van der Waals surface area contributed by atoms with Crippen molar-refractivity contribution in [1.82, 2.24) is 4.98 Å². The average Bonchev–Trinajstić information content (AvgIpc) is 3.29. The third kappa shape index (κ3) is 2.52. The van der Waals surface area contributed by atoms with Crippen LogP contribution in [0.4, 0.5) is 0 Å². The molecule has 0 bridgehead atoms. The lowest BCUT2D eigenvalue weighted by Gasteiger charge is -2.32. The molecular weight excluding hydrogens is 278 g/mol. The second kappa shape index (κ2) is 5.63. The Morgan fingerprint density at radius 1 is 1.17 bits per heavy atom. The van der Waals surface area contributed by atoms with Crippen LogP contribution in [0.5, 0.6) is 0 Å². The Kier molecular flexibility index (Phi) is 3.60. The van der Waals surface area contributed by atoms with Crippen LogP contribution in [0.15, 0.2) is 60.3 Å². The summed E-state index contributed by atoms with van der Waals surface area (Å²) in [6.45, 7) is 4.48. The lowest BCUT2D eigenvalue weighted by molar-refractivity contribution is 0.352. The molecule has 0 radical (unpaired) electrons. The molecule has 3 aliphatic carbocycles. The summed E-state index contributed by atoms with van der Waals surface area (Å²) in [4.78, 5) is 4.28. The Morgan fingerprint density at radius 2 is 2.04 bits per heavy atom. The van der Waals surface area contributed by atoms with Crippen molar-refractivity contribution in [3.8, 4) is 0 Å². The van der Waals surface area contributed by atoms with E-state index in [2.05, 4.69) is 61.3 Å². The monoisotopic (exact) mass is 303 g/mol. The standard InChI is InChI=1S/C12H16.C10H9N/c1-9-4-3-7-12-8-10(12)5-2-6-11(9)12;1-8-4-2-5-9-6-3-7-11-10(8)9/h2,5-6,9-10H,3-4,7-8H2,1H3;2-7H,1H3. The highest BCUT2D eigenvalue weighted by Crippen LogP contribution is 2.66. The predicted octanol–water partition coefficient (Wildman–Crippen LogP) is 5.85. The molecule has 23 heavy (non-hydrogen) atoms. The first-order valence-corrected chi connectivity index (χ1v) is 8.90. The molecule has 5 rings (SSSR count).